The Labute approximate surface area is 176 Å². The molecule has 0 aliphatic carbocycles. The van der Waals surface area contributed by atoms with Crippen molar-refractivity contribution in [1.29, 1.82) is 0 Å². The molecule has 30 heavy (non-hydrogen) atoms. The molecule has 1 heterocycles. The molecule has 2 aromatic carbocycles. The fraction of sp³-hybridized carbons (Fsp3) is 0.333. The van der Waals surface area contributed by atoms with E-state index < -0.39 is 10.0 Å². The molecule has 1 atom stereocenters. The fourth-order valence-corrected chi connectivity index (χ4v) is 4.78. The van der Waals surface area contributed by atoms with Crippen LogP contribution in [-0.2, 0) is 14.8 Å². The number of rotatable bonds is 7. The van der Waals surface area contributed by atoms with Crippen LogP contribution in [0.5, 0.6) is 0 Å². The van der Waals surface area contributed by atoms with Gasteiger partial charge in [-0.2, -0.15) is 4.31 Å². The van der Waals surface area contributed by atoms with Gasteiger partial charge in [0.25, 0.3) is 5.91 Å². The second-order valence-electron chi connectivity index (χ2n) is 7.32. The van der Waals surface area contributed by atoms with Gasteiger partial charge >= 0.3 is 0 Å². The third-order valence-corrected chi connectivity index (χ3v) is 6.84. The average molecular weight is 431 g/mol. The molecule has 1 fully saturated rings. The highest BCUT2D eigenvalue weighted by Gasteiger charge is 2.29. The van der Waals surface area contributed by atoms with Crippen molar-refractivity contribution in [2.45, 2.75) is 10.9 Å². The number of likely N-dealkylation sites (N-methyl/N-ethyl adjacent to an activating group) is 1. The number of hydrogen-bond acceptors (Lipinski definition) is 5. The van der Waals surface area contributed by atoms with E-state index >= 15 is 0 Å². The molecule has 1 aliphatic rings. The molecule has 8 nitrogen and oxygen atoms in total. The van der Waals surface area contributed by atoms with E-state index in [1.165, 1.54) is 18.2 Å². The van der Waals surface area contributed by atoms with Crippen LogP contribution in [0.2, 0.25) is 0 Å². The lowest BCUT2D eigenvalue weighted by atomic mass is 10.1. The van der Waals surface area contributed by atoms with Crippen LogP contribution in [0, 0.1) is 0 Å². The molecule has 3 rings (SSSR count). The zero-order valence-corrected chi connectivity index (χ0v) is 17.9. The molecule has 0 spiro atoms. The summed E-state index contributed by atoms with van der Waals surface area (Å²) < 4.78 is 26.8. The first kappa shape index (κ1) is 21.9. The third kappa shape index (κ3) is 5.05. The molecule has 1 aliphatic heterocycles. The molecule has 0 unspecified atom stereocenters. The molecular weight excluding hydrogens is 404 g/mol. The van der Waals surface area contributed by atoms with E-state index in [0.717, 1.165) is 9.87 Å². The minimum atomic E-state index is -3.85. The summed E-state index contributed by atoms with van der Waals surface area (Å²) in [4.78, 5) is 26.3. The third-order valence-electron chi connectivity index (χ3n) is 5.00. The Morgan fingerprint density at radius 1 is 1.17 bits per heavy atom. The number of carbonyl (C=O) groups is 2. The Hall–Kier alpha value is -2.75. The summed E-state index contributed by atoms with van der Waals surface area (Å²) in [5, 5.41) is 5.49. The predicted molar refractivity (Wildman–Crippen MR) is 113 cm³/mol. The van der Waals surface area contributed by atoms with Crippen molar-refractivity contribution in [2.24, 2.45) is 0 Å². The number of sulfonamides is 1. The Kier molecular flexibility index (Phi) is 6.86. The maximum absolute atomic E-state index is 12.9. The maximum atomic E-state index is 12.9. The summed E-state index contributed by atoms with van der Waals surface area (Å²) in [5.74, 6) is -0.694. The summed E-state index contributed by atoms with van der Waals surface area (Å²) >= 11 is 0. The van der Waals surface area contributed by atoms with Crippen LogP contribution < -0.4 is 10.6 Å². The number of hydrogen-bond donors (Lipinski definition) is 2. The molecule has 9 heteroatoms. The number of carbonyl (C=O) groups excluding carboxylic acids is 2. The quantitative estimate of drug-likeness (QED) is 0.678. The molecule has 1 saturated heterocycles. The first-order valence-corrected chi connectivity index (χ1v) is 11.1. The van der Waals surface area contributed by atoms with Gasteiger partial charge in [0, 0.05) is 25.2 Å². The predicted octanol–water partition coefficient (Wildman–Crippen LogP) is 0.840. The van der Waals surface area contributed by atoms with Crippen molar-refractivity contribution in [1.82, 2.24) is 19.8 Å². The van der Waals surface area contributed by atoms with Gasteiger partial charge in [-0.3, -0.25) is 9.59 Å². The maximum Gasteiger partial charge on any atom is 0.251 e. The molecular formula is C21H26N4O4S. The number of nitrogens with zero attached hydrogens (tertiary/aromatic N) is 2. The first-order chi connectivity index (χ1) is 14.3. The van der Waals surface area contributed by atoms with Crippen molar-refractivity contribution in [3.63, 3.8) is 0 Å². The summed E-state index contributed by atoms with van der Waals surface area (Å²) in [6.07, 6.45) is 0. The molecule has 0 radical (unpaired) electrons. The van der Waals surface area contributed by atoms with Crippen molar-refractivity contribution >= 4 is 21.8 Å². The van der Waals surface area contributed by atoms with Gasteiger partial charge in [-0.05, 0) is 37.9 Å². The minimum absolute atomic E-state index is 0.00271. The molecule has 0 bridgehead atoms. The van der Waals surface area contributed by atoms with Gasteiger partial charge in [0.05, 0.1) is 17.5 Å². The van der Waals surface area contributed by atoms with Gasteiger partial charge < -0.3 is 15.5 Å². The second kappa shape index (κ2) is 9.38. The van der Waals surface area contributed by atoms with Crippen LogP contribution >= 0.6 is 0 Å². The van der Waals surface area contributed by atoms with Crippen LogP contribution in [-0.4, -0.2) is 69.7 Å². The van der Waals surface area contributed by atoms with E-state index in [0.29, 0.717) is 6.54 Å². The normalized spacial score (nSPS) is 16.2. The van der Waals surface area contributed by atoms with Crippen molar-refractivity contribution in [3.05, 3.63) is 65.7 Å². The van der Waals surface area contributed by atoms with Gasteiger partial charge in [0.2, 0.25) is 15.9 Å². The molecule has 0 aromatic heterocycles. The minimum Gasteiger partial charge on any atom is -0.354 e. The van der Waals surface area contributed by atoms with Crippen LogP contribution in [0.4, 0.5) is 0 Å². The highest BCUT2D eigenvalue weighted by Crippen LogP contribution is 2.19. The summed E-state index contributed by atoms with van der Waals surface area (Å²) in [6.45, 7) is 0.620. The molecule has 2 N–H and O–H groups in total. The molecule has 2 amide bonds. The smallest absolute Gasteiger partial charge is 0.251 e. The van der Waals surface area contributed by atoms with Gasteiger partial charge in [-0.15, -0.1) is 0 Å². The highest BCUT2D eigenvalue weighted by atomic mass is 32.2. The number of piperazine rings is 1. The molecule has 2 aromatic rings. The summed E-state index contributed by atoms with van der Waals surface area (Å²) in [7, 11) is 0.0182. The van der Waals surface area contributed by atoms with Gasteiger partial charge in [0.15, 0.2) is 0 Å². The summed E-state index contributed by atoms with van der Waals surface area (Å²) in [5.41, 5.74) is 1.32. The van der Waals surface area contributed by atoms with Crippen LogP contribution in [0.1, 0.15) is 22.0 Å². The Morgan fingerprint density at radius 3 is 2.57 bits per heavy atom. The Balaban J connectivity index is 1.73. The monoisotopic (exact) mass is 430 g/mol. The Morgan fingerprint density at radius 2 is 1.90 bits per heavy atom. The average Bonchev–Trinajstić information content (AvgIpc) is 2.74. The van der Waals surface area contributed by atoms with E-state index in [9.17, 15) is 18.0 Å². The number of benzene rings is 2. The lowest BCUT2D eigenvalue weighted by Gasteiger charge is -2.26. The van der Waals surface area contributed by atoms with Gasteiger partial charge in [0.1, 0.15) is 0 Å². The van der Waals surface area contributed by atoms with E-state index in [1.807, 2.05) is 49.3 Å². The van der Waals surface area contributed by atoms with E-state index in [-0.39, 0.29) is 47.9 Å². The topological polar surface area (TPSA) is 98.8 Å². The fourth-order valence-electron chi connectivity index (χ4n) is 3.33. The van der Waals surface area contributed by atoms with Crippen molar-refractivity contribution in [2.75, 3.05) is 40.3 Å². The Bertz CT molecular complexity index is 1010. The van der Waals surface area contributed by atoms with E-state index in [4.69, 9.17) is 0 Å². The molecule has 0 saturated carbocycles. The summed E-state index contributed by atoms with van der Waals surface area (Å²) in [6, 6.07) is 15.7. The van der Waals surface area contributed by atoms with E-state index in [1.54, 1.807) is 6.07 Å². The SMILES string of the molecule is CN(C)[C@@H](CNC(=O)c1cccc(S(=O)(=O)N2CCNC(=O)C2)c1)c1ccccc1. The van der Waals surface area contributed by atoms with Crippen molar-refractivity contribution in [3.8, 4) is 0 Å². The van der Waals surface area contributed by atoms with Crippen molar-refractivity contribution < 1.29 is 18.0 Å². The van der Waals surface area contributed by atoms with Crippen LogP contribution in [0.15, 0.2) is 59.5 Å². The van der Waals surface area contributed by atoms with Crippen LogP contribution in [0.25, 0.3) is 0 Å². The van der Waals surface area contributed by atoms with Gasteiger partial charge in [-0.1, -0.05) is 36.4 Å². The largest absolute Gasteiger partial charge is 0.354 e. The lowest BCUT2D eigenvalue weighted by Crippen LogP contribution is -2.49. The first-order valence-electron chi connectivity index (χ1n) is 9.65. The van der Waals surface area contributed by atoms with Gasteiger partial charge in [-0.25, -0.2) is 8.42 Å². The zero-order valence-electron chi connectivity index (χ0n) is 17.0. The van der Waals surface area contributed by atoms with Crippen LogP contribution in [0.3, 0.4) is 0 Å². The molecule has 160 valence electrons. The standard InChI is InChI=1S/C21H26N4O4S/c1-24(2)19(16-7-4-3-5-8-16)14-23-21(27)17-9-6-10-18(13-17)30(28,29)25-12-11-22-20(26)15-25/h3-10,13,19H,11-12,14-15H2,1-2H3,(H,22,26)(H,23,27)/t19-/m0/s1. The second-order valence-corrected chi connectivity index (χ2v) is 9.25. The highest BCUT2D eigenvalue weighted by molar-refractivity contribution is 7.89. The number of nitrogens with one attached hydrogen (secondary N) is 2. The lowest BCUT2D eigenvalue weighted by molar-refractivity contribution is -0.122. The van der Waals surface area contributed by atoms with E-state index in [2.05, 4.69) is 10.6 Å². The zero-order chi connectivity index (χ0) is 21.7. The number of amides is 2.